The number of alkyl halides is 2. The molecule has 3 fully saturated rings. The SMILES string of the molecule is COC(C)(C)O[C@@H]1[C@H](C)[C@@H](CN2CCC(F)(F)C[C@H]2CN2CCCC2)O[C@H]1c1ccc2c(SC)ncnn12. The van der Waals surface area contributed by atoms with E-state index < -0.39 is 11.7 Å². The van der Waals surface area contributed by atoms with E-state index in [0.717, 1.165) is 42.2 Å². The molecule has 2 aromatic heterocycles. The van der Waals surface area contributed by atoms with E-state index in [-0.39, 0.29) is 43.1 Å². The van der Waals surface area contributed by atoms with Crippen molar-refractivity contribution in [2.24, 2.45) is 5.92 Å². The van der Waals surface area contributed by atoms with Gasteiger partial charge in [0.1, 0.15) is 17.5 Å². The number of hydrogen-bond donors (Lipinski definition) is 0. The number of fused-ring (bicyclic) bond motifs is 1. The Morgan fingerprint density at radius 2 is 1.95 bits per heavy atom. The van der Waals surface area contributed by atoms with Crippen LogP contribution in [0.2, 0.25) is 0 Å². The highest BCUT2D eigenvalue weighted by atomic mass is 32.2. The molecule has 38 heavy (non-hydrogen) atoms. The summed E-state index contributed by atoms with van der Waals surface area (Å²) in [5.74, 6) is -3.41. The lowest BCUT2D eigenvalue weighted by Crippen LogP contribution is -2.54. The zero-order chi connectivity index (χ0) is 27.1. The van der Waals surface area contributed by atoms with Crippen molar-refractivity contribution in [2.75, 3.05) is 46.1 Å². The summed E-state index contributed by atoms with van der Waals surface area (Å²) in [5.41, 5.74) is 1.81. The molecule has 0 aliphatic carbocycles. The predicted octanol–water partition coefficient (Wildman–Crippen LogP) is 4.49. The van der Waals surface area contributed by atoms with Gasteiger partial charge in [0.25, 0.3) is 5.92 Å². The molecule has 0 amide bonds. The number of thioether (sulfide) groups is 1. The van der Waals surface area contributed by atoms with Gasteiger partial charge in [0.2, 0.25) is 0 Å². The molecule has 0 saturated carbocycles. The Morgan fingerprint density at radius 1 is 1.18 bits per heavy atom. The van der Waals surface area contributed by atoms with Gasteiger partial charge < -0.3 is 19.1 Å². The van der Waals surface area contributed by atoms with Crippen molar-refractivity contribution in [3.05, 3.63) is 24.2 Å². The van der Waals surface area contributed by atoms with E-state index in [1.807, 2.05) is 36.8 Å². The Hall–Kier alpha value is -1.37. The smallest absolute Gasteiger partial charge is 0.250 e. The van der Waals surface area contributed by atoms with Crippen LogP contribution in [0, 0.1) is 5.92 Å². The number of nitrogens with zero attached hydrogens (tertiary/aromatic N) is 5. The second kappa shape index (κ2) is 11.2. The Kier molecular flexibility index (Phi) is 8.34. The van der Waals surface area contributed by atoms with Crippen LogP contribution < -0.4 is 0 Å². The van der Waals surface area contributed by atoms with Crippen LogP contribution in [0.1, 0.15) is 58.3 Å². The van der Waals surface area contributed by atoms with Gasteiger partial charge >= 0.3 is 0 Å². The summed E-state index contributed by atoms with van der Waals surface area (Å²) in [6, 6.07) is 3.85. The minimum absolute atomic E-state index is 0.0108. The van der Waals surface area contributed by atoms with Gasteiger partial charge in [0, 0.05) is 51.5 Å². The molecule has 5 heterocycles. The largest absolute Gasteiger partial charge is 0.364 e. The first-order valence-corrected chi connectivity index (χ1v) is 14.9. The molecule has 5 atom stereocenters. The molecule has 0 unspecified atom stereocenters. The van der Waals surface area contributed by atoms with Crippen LogP contribution in [-0.2, 0) is 14.2 Å². The van der Waals surface area contributed by atoms with Crippen molar-refractivity contribution in [3.8, 4) is 0 Å². The normalized spacial score (nSPS) is 31.0. The van der Waals surface area contributed by atoms with E-state index in [1.54, 1.807) is 25.2 Å². The van der Waals surface area contributed by atoms with E-state index in [9.17, 15) is 8.78 Å². The summed E-state index contributed by atoms with van der Waals surface area (Å²) in [5, 5.41) is 5.41. The molecule has 0 spiro atoms. The van der Waals surface area contributed by atoms with E-state index in [4.69, 9.17) is 14.2 Å². The van der Waals surface area contributed by atoms with Gasteiger partial charge in [-0.3, -0.25) is 4.90 Å². The molecule has 212 valence electrons. The second-order valence-electron chi connectivity index (χ2n) is 11.4. The Balaban J connectivity index is 1.41. The number of ether oxygens (including phenoxy) is 3. The molecule has 5 rings (SSSR count). The Morgan fingerprint density at radius 3 is 2.66 bits per heavy atom. The van der Waals surface area contributed by atoms with Crippen LogP contribution in [0.15, 0.2) is 23.5 Å². The predicted molar refractivity (Wildman–Crippen MR) is 143 cm³/mol. The number of rotatable bonds is 9. The van der Waals surface area contributed by atoms with Crippen LogP contribution in [-0.4, -0.2) is 100 Å². The fourth-order valence-corrected chi connectivity index (χ4v) is 6.67. The Bertz CT molecular complexity index is 1100. The first-order valence-electron chi connectivity index (χ1n) is 13.7. The van der Waals surface area contributed by atoms with Gasteiger partial charge in [-0.25, -0.2) is 18.3 Å². The van der Waals surface area contributed by atoms with Crippen molar-refractivity contribution in [3.63, 3.8) is 0 Å². The van der Waals surface area contributed by atoms with Crippen LogP contribution in [0.5, 0.6) is 0 Å². The van der Waals surface area contributed by atoms with Crippen LogP contribution >= 0.6 is 11.8 Å². The number of aromatic nitrogens is 3. The Labute approximate surface area is 228 Å². The second-order valence-corrected chi connectivity index (χ2v) is 12.2. The molecule has 3 saturated heterocycles. The number of piperidine rings is 1. The van der Waals surface area contributed by atoms with Gasteiger partial charge in [0.15, 0.2) is 5.79 Å². The summed E-state index contributed by atoms with van der Waals surface area (Å²) in [6.07, 6.45) is 4.77. The first kappa shape index (κ1) is 28.2. The van der Waals surface area contributed by atoms with Gasteiger partial charge in [-0.15, -0.1) is 11.8 Å². The van der Waals surface area contributed by atoms with Crippen molar-refractivity contribution in [2.45, 2.75) is 87.5 Å². The van der Waals surface area contributed by atoms with Crippen molar-refractivity contribution < 1.29 is 23.0 Å². The van der Waals surface area contributed by atoms with Crippen molar-refractivity contribution in [1.82, 2.24) is 24.4 Å². The lowest BCUT2D eigenvalue weighted by Gasteiger charge is -2.42. The van der Waals surface area contributed by atoms with E-state index in [0.29, 0.717) is 19.6 Å². The van der Waals surface area contributed by atoms with E-state index in [2.05, 4.69) is 26.8 Å². The average Bonchev–Trinajstić information content (AvgIpc) is 3.61. The zero-order valence-electron chi connectivity index (χ0n) is 23.1. The molecule has 2 aromatic rings. The average molecular weight is 554 g/mol. The molecule has 0 bridgehead atoms. The highest BCUT2D eigenvalue weighted by Gasteiger charge is 2.49. The maximum Gasteiger partial charge on any atom is 0.250 e. The van der Waals surface area contributed by atoms with Gasteiger partial charge in [-0.2, -0.15) is 5.10 Å². The summed E-state index contributed by atoms with van der Waals surface area (Å²) in [7, 11) is 1.63. The number of methoxy groups -OCH3 is 1. The molecule has 8 nitrogen and oxygen atoms in total. The molecule has 0 aromatic carbocycles. The first-order chi connectivity index (χ1) is 18.1. The van der Waals surface area contributed by atoms with E-state index in [1.165, 1.54) is 0 Å². The third-order valence-corrected chi connectivity index (χ3v) is 9.17. The summed E-state index contributed by atoms with van der Waals surface area (Å²) in [6.45, 7) is 9.57. The summed E-state index contributed by atoms with van der Waals surface area (Å²) in [4.78, 5) is 8.97. The third-order valence-electron chi connectivity index (χ3n) is 8.46. The number of halogens is 2. The molecule has 11 heteroatoms. The number of hydrogen-bond acceptors (Lipinski definition) is 8. The number of likely N-dealkylation sites (tertiary alicyclic amines) is 2. The molecule has 0 N–H and O–H groups in total. The van der Waals surface area contributed by atoms with Crippen LogP contribution in [0.3, 0.4) is 0 Å². The minimum atomic E-state index is -2.61. The summed E-state index contributed by atoms with van der Waals surface area (Å²) >= 11 is 1.57. The zero-order valence-corrected chi connectivity index (χ0v) is 23.9. The van der Waals surface area contributed by atoms with Gasteiger partial charge in [-0.1, -0.05) is 6.92 Å². The lowest BCUT2D eigenvalue weighted by molar-refractivity contribution is -0.237. The summed E-state index contributed by atoms with van der Waals surface area (Å²) < 4.78 is 49.8. The molecule has 3 aliphatic heterocycles. The van der Waals surface area contributed by atoms with Gasteiger partial charge in [-0.05, 0) is 58.2 Å². The van der Waals surface area contributed by atoms with Crippen LogP contribution in [0.4, 0.5) is 8.78 Å². The van der Waals surface area contributed by atoms with Gasteiger partial charge in [0.05, 0.1) is 23.4 Å². The molecule has 0 radical (unpaired) electrons. The maximum absolute atomic E-state index is 14.5. The quantitative estimate of drug-likeness (QED) is 0.333. The monoisotopic (exact) mass is 553 g/mol. The molecular formula is C27H41F2N5O3S. The minimum Gasteiger partial charge on any atom is -0.364 e. The standard InChI is InChI=1S/C27H41F2N5O3S/c1-18-22(16-33-13-10-27(28,29)14-19(33)15-32-11-6-7-12-32)36-24(23(18)37-26(2,3)35-4)20-8-9-21-25(38-5)30-17-31-34(20)21/h8-9,17-19,22-24H,6-7,10-16H2,1-5H3/t18-,19+,22-,23-,24+/m1/s1. The topological polar surface area (TPSA) is 64.4 Å². The highest BCUT2D eigenvalue weighted by molar-refractivity contribution is 7.98. The lowest BCUT2D eigenvalue weighted by atomic mass is 9.93. The van der Waals surface area contributed by atoms with Crippen molar-refractivity contribution >= 4 is 17.3 Å². The molecular weight excluding hydrogens is 512 g/mol. The van der Waals surface area contributed by atoms with E-state index >= 15 is 0 Å². The fourth-order valence-electron chi connectivity index (χ4n) is 6.15. The van der Waals surface area contributed by atoms with Crippen molar-refractivity contribution in [1.29, 1.82) is 0 Å². The van der Waals surface area contributed by atoms with Crippen LogP contribution in [0.25, 0.3) is 5.52 Å². The highest BCUT2D eigenvalue weighted by Crippen LogP contribution is 2.43. The fraction of sp³-hybridized carbons (Fsp3) is 0.778. The maximum atomic E-state index is 14.5. The molecule has 3 aliphatic rings. The third kappa shape index (κ3) is 5.88.